The normalized spacial score (nSPS) is 38.9. The first-order valence-electron chi connectivity index (χ1n) is 7.14. The van der Waals surface area contributed by atoms with E-state index in [9.17, 15) is 0 Å². The molecule has 0 aliphatic heterocycles. The second-order valence-electron chi connectivity index (χ2n) is 6.27. The third-order valence-corrected chi connectivity index (χ3v) is 5.51. The highest BCUT2D eigenvalue weighted by atomic mass is 14.5. The Hall–Kier alpha value is -1.04. The molecule has 0 heterocycles. The Bertz CT molecular complexity index is 456. The van der Waals surface area contributed by atoms with Crippen LogP contribution in [0.5, 0.6) is 0 Å². The van der Waals surface area contributed by atoms with Gasteiger partial charge in [0.25, 0.3) is 0 Å². The summed E-state index contributed by atoms with van der Waals surface area (Å²) in [7, 11) is 0. The smallest absolute Gasteiger partial charge is 0.00494 e. The minimum Gasteiger partial charge on any atom is -0.0770 e. The summed E-state index contributed by atoms with van der Waals surface area (Å²) in [6.45, 7) is 0. The van der Waals surface area contributed by atoms with E-state index >= 15 is 0 Å². The predicted molar refractivity (Wildman–Crippen MR) is 70.9 cm³/mol. The summed E-state index contributed by atoms with van der Waals surface area (Å²) in [5.74, 6) is 1.65. The molecule has 1 aromatic rings. The van der Waals surface area contributed by atoms with E-state index in [1.165, 1.54) is 38.5 Å². The average molecular weight is 224 g/mol. The summed E-state index contributed by atoms with van der Waals surface area (Å²) in [4.78, 5) is 0. The van der Waals surface area contributed by atoms with Gasteiger partial charge in [0.1, 0.15) is 0 Å². The van der Waals surface area contributed by atoms with Crippen LogP contribution in [0.4, 0.5) is 0 Å². The number of hydrogen-bond donors (Lipinski definition) is 0. The standard InChI is InChI=1S/C17H20/c1-2-5-13(6-3-1)16-11-15-8-10-17(15)9-4-7-14(16)12-17/h1-3,5-6,11,14,16H,4,7-10,12H2. The van der Waals surface area contributed by atoms with Gasteiger partial charge in [-0.15, -0.1) is 0 Å². The van der Waals surface area contributed by atoms with Gasteiger partial charge in [-0.05, 0) is 49.0 Å². The van der Waals surface area contributed by atoms with Crippen molar-refractivity contribution in [3.8, 4) is 0 Å². The maximum atomic E-state index is 2.64. The van der Waals surface area contributed by atoms with Crippen LogP contribution >= 0.6 is 0 Å². The van der Waals surface area contributed by atoms with Gasteiger partial charge in [-0.25, -0.2) is 0 Å². The predicted octanol–water partition coefficient (Wildman–Crippen LogP) is 4.68. The van der Waals surface area contributed by atoms with Crippen molar-refractivity contribution in [2.24, 2.45) is 11.3 Å². The first kappa shape index (κ1) is 9.94. The number of allylic oxidation sites excluding steroid dienone is 2. The zero-order valence-corrected chi connectivity index (χ0v) is 10.4. The van der Waals surface area contributed by atoms with Crippen LogP contribution in [-0.2, 0) is 0 Å². The Morgan fingerprint density at radius 3 is 2.71 bits per heavy atom. The number of benzene rings is 1. The molecule has 0 N–H and O–H groups in total. The second kappa shape index (κ2) is 3.48. The number of hydrogen-bond acceptors (Lipinski definition) is 0. The molecule has 2 saturated carbocycles. The van der Waals surface area contributed by atoms with Crippen LogP contribution in [0.15, 0.2) is 42.0 Å². The molecular weight excluding hydrogens is 204 g/mol. The van der Waals surface area contributed by atoms with E-state index in [2.05, 4.69) is 36.4 Å². The Kier molecular flexibility index (Phi) is 2.03. The number of fused-ring (bicyclic) bond motifs is 1. The molecule has 0 radical (unpaired) electrons. The van der Waals surface area contributed by atoms with Gasteiger partial charge >= 0.3 is 0 Å². The highest BCUT2D eigenvalue weighted by Gasteiger charge is 2.49. The topological polar surface area (TPSA) is 0 Å². The molecule has 0 saturated heterocycles. The van der Waals surface area contributed by atoms with E-state index in [0.29, 0.717) is 5.41 Å². The molecule has 0 aromatic heterocycles. The van der Waals surface area contributed by atoms with Crippen molar-refractivity contribution in [3.63, 3.8) is 0 Å². The molecule has 4 rings (SSSR count). The minimum absolute atomic E-state index is 0.689. The summed E-state index contributed by atoms with van der Waals surface area (Å²) in [6.07, 6.45) is 11.4. The first-order valence-corrected chi connectivity index (χ1v) is 7.14. The maximum absolute atomic E-state index is 2.64. The van der Waals surface area contributed by atoms with Crippen LogP contribution in [0.2, 0.25) is 0 Å². The zero-order valence-electron chi connectivity index (χ0n) is 10.4. The second-order valence-corrected chi connectivity index (χ2v) is 6.27. The monoisotopic (exact) mass is 224 g/mol. The average Bonchev–Trinajstić information content (AvgIpc) is 2.38. The van der Waals surface area contributed by atoms with Crippen LogP contribution in [0.25, 0.3) is 0 Å². The molecule has 17 heavy (non-hydrogen) atoms. The highest BCUT2D eigenvalue weighted by molar-refractivity contribution is 5.36. The Labute approximate surface area is 104 Å². The largest absolute Gasteiger partial charge is 0.0770 e. The fourth-order valence-electron chi connectivity index (χ4n) is 4.51. The van der Waals surface area contributed by atoms with Gasteiger partial charge in [-0.2, -0.15) is 0 Å². The molecule has 3 aliphatic carbocycles. The van der Waals surface area contributed by atoms with Crippen molar-refractivity contribution in [1.82, 2.24) is 0 Å². The lowest BCUT2D eigenvalue weighted by Crippen LogP contribution is -2.42. The first-order chi connectivity index (χ1) is 8.37. The SMILES string of the molecule is C1=C2CCC23CCCC(C3)C1c1ccccc1. The van der Waals surface area contributed by atoms with Gasteiger partial charge in [0.15, 0.2) is 0 Å². The summed E-state index contributed by atoms with van der Waals surface area (Å²) in [6, 6.07) is 11.2. The van der Waals surface area contributed by atoms with E-state index in [1.807, 2.05) is 5.57 Å². The van der Waals surface area contributed by atoms with E-state index in [-0.39, 0.29) is 0 Å². The fraction of sp³-hybridized carbons (Fsp3) is 0.529. The van der Waals surface area contributed by atoms with Crippen molar-refractivity contribution in [2.45, 2.75) is 44.4 Å². The Morgan fingerprint density at radius 2 is 1.94 bits per heavy atom. The lowest BCUT2D eigenvalue weighted by Gasteiger charge is -2.55. The van der Waals surface area contributed by atoms with Crippen molar-refractivity contribution in [2.75, 3.05) is 0 Å². The third kappa shape index (κ3) is 1.36. The molecule has 0 heteroatoms. The molecule has 1 aromatic carbocycles. The van der Waals surface area contributed by atoms with Gasteiger partial charge in [0, 0.05) is 5.92 Å². The molecule has 88 valence electrons. The highest BCUT2D eigenvalue weighted by Crippen LogP contribution is 2.62. The Morgan fingerprint density at radius 1 is 1.06 bits per heavy atom. The molecular formula is C17H20. The van der Waals surface area contributed by atoms with Gasteiger partial charge < -0.3 is 0 Å². The lowest BCUT2D eigenvalue weighted by atomic mass is 9.50. The van der Waals surface area contributed by atoms with E-state index in [4.69, 9.17) is 0 Å². The molecule has 3 aliphatic rings. The molecule has 0 amide bonds. The van der Waals surface area contributed by atoms with Crippen LogP contribution < -0.4 is 0 Å². The van der Waals surface area contributed by atoms with Crippen LogP contribution in [0.3, 0.4) is 0 Å². The van der Waals surface area contributed by atoms with Gasteiger partial charge in [-0.3, -0.25) is 0 Å². The summed E-state index contributed by atoms with van der Waals surface area (Å²) in [5, 5.41) is 0. The van der Waals surface area contributed by atoms with Crippen molar-refractivity contribution < 1.29 is 0 Å². The molecule has 3 atom stereocenters. The summed E-state index contributed by atoms with van der Waals surface area (Å²) >= 11 is 0. The molecule has 0 nitrogen and oxygen atoms in total. The molecule has 1 spiro atoms. The van der Waals surface area contributed by atoms with E-state index in [0.717, 1.165) is 11.8 Å². The lowest BCUT2D eigenvalue weighted by molar-refractivity contribution is 0.0911. The maximum Gasteiger partial charge on any atom is 0.00494 e. The summed E-state index contributed by atoms with van der Waals surface area (Å²) in [5.41, 5.74) is 4.04. The van der Waals surface area contributed by atoms with Crippen LogP contribution in [-0.4, -0.2) is 0 Å². The molecule has 2 fully saturated rings. The zero-order chi connectivity index (χ0) is 11.3. The van der Waals surface area contributed by atoms with Crippen molar-refractivity contribution in [1.29, 1.82) is 0 Å². The van der Waals surface area contributed by atoms with E-state index < -0.39 is 0 Å². The molecule has 3 unspecified atom stereocenters. The quantitative estimate of drug-likeness (QED) is 0.607. The van der Waals surface area contributed by atoms with Crippen LogP contribution in [0, 0.1) is 11.3 Å². The third-order valence-electron chi connectivity index (χ3n) is 5.51. The summed E-state index contributed by atoms with van der Waals surface area (Å²) < 4.78 is 0. The Balaban J connectivity index is 1.75. The fourth-order valence-corrected chi connectivity index (χ4v) is 4.51. The van der Waals surface area contributed by atoms with Crippen molar-refractivity contribution in [3.05, 3.63) is 47.5 Å². The number of rotatable bonds is 1. The van der Waals surface area contributed by atoms with Crippen LogP contribution in [0.1, 0.15) is 50.0 Å². The van der Waals surface area contributed by atoms with Gasteiger partial charge in [-0.1, -0.05) is 48.4 Å². The molecule has 2 bridgehead atoms. The minimum atomic E-state index is 0.689. The van der Waals surface area contributed by atoms with Crippen molar-refractivity contribution >= 4 is 0 Å². The van der Waals surface area contributed by atoms with E-state index in [1.54, 1.807) is 5.56 Å². The van der Waals surface area contributed by atoms with Gasteiger partial charge in [0.2, 0.25) is 0 Å². The van der Waals surface area contributed by atoms with Gasteiger partial charge in [0.05, 0.1) is 0 Å².